The molecule has 162 valence electrons. The van der Waals surface area contributed by atoms with E-state index in [-0.39, 0.29) is 0 Å². The fourth-order valence-corrected chi connectivity index (χ4v) is 6.20. The first-order valence-electron chi connectivity index (χ1n) is 11.6. The summed E-state index contributed by atoms with van der Waals surface area (Å²) in [6.45, 7) is 1.49. The van der Waals surface area contributed by atoms with Crippen molar-refractivity contribution >= 4 is 21.6 Å². The monoisotopic (exact) mass is 442 g/mol. The van der Waals surface area contributed by atoms with Gasteiger partial charge >= 0.3 is 0 Å². The Balaban J connectivity index is 1.17. The molecule has 0 aromatic heterocycles. The van der Waals surface area contributed by atoms with Crippen molar-refractivity contribution in [2.24, 2.45) is 0 Å². The predicted octanol–water partition coefficient (Wildman–Crippen LogP) is 8.18. The lowest BCUT2D eigenvalue weighted by Crippen LogP contribution is -2.16. The molecular weight excluding hydrogens is 408 g/mol. The molecule has 2 saturated carbocycles. The molecule has 0 bridgehead atoms. The maximum atomic E-state index is 6.09. The number of hydrogen-bond acceptors (Lipinski definition) is 4. The molecule has 0 spiro atoms. The summed E-state index contributed by atoms with van der Waals surface area (Å²) in [6.07, 6.45) is 13.9. The van der Waals surface area contributed by atoms with E-state index < -0.39 is 0 Å². The molecule has 0 aliphatic heterocycles. The van der Waals surface area contributed by atoms with Gasteiger partial charge in [-0.05, 0) is 61.1 Å². The maximum Gasteiger partial charge on any atom is 0.0720 e. The minimum absolute atomic E-state index is 0.472. The Kier molecular flexibility index (Phi) is 9.04. The van der Waals surface area contributed by atoms with Crippen LogP contribution in [-0.2, 0) is 22.7 Å². The topological polar surface area (TPSA) is 18.5 Å². The van der Waals surface area contributed by atoms with Crippen molar-refractivity contribution < 1.29 is 9.47 Å². The van der Waals surface area contributed by atoms with E-state index in [1.807, 2.05) is 21.6 Å². The highest BCUT2D eigenvalue weighted by molar-refractivity contribution is 8.76. The Morgan fingerprint density at radius 2 is 0.900 bits per heavy atom. The van der Waals surface area contributed by atoms with Gasteiger partial charge in [0.2, 0.25) is 0 Å². The Morgan fingerprint density at radius 1 is 0.533 bits per heavy atom. The van der Waals surface area contributed by atoms with Crippen LogP contribution in [0.3, 0.4) is 0 Å². The molecule has 2 aliphatic carbocycles. The van der Waals surface area contributed by atoms with Crippen molar-refractivity contribution in [3.8, 4) is 0 Å². The molecule has 0 N–H and O–H groups in total. The molecule has 4 heteroatoms. The third kappa shape index (κ3) is 7.33. The molecule has 0 radical (unpaired) electrons. The normalized spacial score (nSPS) is 18.5. The van der Waals surface area contributed by atoms with Gasteiger partial charge < -0.3 is 9.47 Å². The smallest absolute Gasteiger partial charge is 0.0720 e. The third-order valence-corrected chi connectivity index (χ3v) is 8.57. The van der Waals surface area contributed by atoms with Crippen LogP contribution in [0.1, 0.15) is 75.3 Å². The van der Waals surface area contributed by atoms with E-state index in [0.29, 0.717) is 12.2 Å². The first-order chi connectivity index (χ1) is 14.8. The summed E-state index contributed by atoms with van der Waals surface area (Å²) in [4.78, 5) is 2.57. The Morgan fingerprint density at radius 3 is 1.27 bits per heavy atom. The number of ether oxygens (including phenoxy) is 2. The van der Waals surface area contributed by atoms with Gasteiger partial charge in [-0.2, -0.15) is 0 Å². The second-order valence-electron chi connectivity index (χ2n) is 8.60. The molecular formula is C26H34O2S2. The Bertz CT molecular complexity index is 667. The van der Waals surface area contributed by atoms with Gasteiger partial charge in [0.05, 0.1) is 25.4 Å². The zero-order chi connectivity index (χ0) is 20.4. The van der Waals surface area contributed by atoms with Crippen LogP contribution < -0.4 is 0 Å². The summed E-state index contributed by atoms with van der Waals surface area (Å²) in [5, 5.41) is 0. The highest BCUT2D eigenvalue weighted by Gasteiger charge is 2.14. The van der Waals surface area contributed by atoms with E-state index in [4.69, 9.17) is 9.47 Å². The van der Waals surface area contributed by atoms with Crippen molar-refractivity contribution in [2.45, 2.75) is 99.4 Å². The van der Waals surface area contributed by atoms with Crippen LogP contribution in [0.2, 0.25) is 0 Å². The zero-order valence-corrected chi connectivity index (χ0v) is 19.5. The molecule has 0 heterocycles. The van der Waals surface area contributed by atoms with Crippen LogP contribution in [0.25, 0.3) is 0 Å². The van der Waals surface area contributed by atoms with E-state index >= 15 is 0 Å². The standard InChI is InChI=1S/C26H34O2S2/c1-3-7-23(8-4-1)27-19-21-11-15-25(16-12-21)29-30-26-17-13-22(14-18-26)20-28-24-9-5-2-6-10-24/h11-18,23-24H,1-10,19-20H2. The van der Waals surface area contributed by atoms with Crippen LogP contribution in [-0.4, -0.2) is 12.2 Å². The molecule has 0 atom stereocenters. The zero-order valence-electron chi connectivity index (χ0n) is 17.9. The first-order valence-corrected chi connectivity index (χ1v) is 13.8. The molecule has 30 heavy (non-hydrogen) atoms. The largest absolute Gasteiger partial charge is 0.374 e. The average molecular weight is 443 g/mol. The van der Waals surface area contributed by atoms with Gasteiger partial charge in [-0.3, -0.25) is 0 Å². The molecule has 2 aromatic carbocycles. The number of hydrogen-bond donors (Lipinski definition) is 0. The van der Waals surface area contributed by atoms with Gasteiger partial charge in [0.15, 0.2) is 0 Å². The van der Waals surface area contributed by atoms with Crippen LogP contribution >= 0.6 is 21.6 Å². The lowest BCUT2D eigenvalue weighted by atomic mass is 9.98. The van der Waals surface area contributed by atoms with E-state index in [9.17, 15) is 0 Å². The van der Waals surface area contributed by atoms with E-state index in [1.54, 1.807) is 0 Å². The third-order valence-electron chi connectivity index (χ3n) is 6.16. The summed E-state index contributed by atoms with van der Waals surface area (Å²) in [6, 6.07) is 17.7. The number of benzene rings is 2. The maximum absolute atomic E-state index is 6.09. The van der Waals surface area contributed by atoms with Crippen molar-refractivity contribution in [3.05, 3.63) is 59.7 Å². The van der Waals surface area contributed by atoms with Crippen LogP contribution in [0, 0.1) is 0 Å². The van der Waals surface area contributed by atoms with Crippen molar-refractivity contribution in [3.63, 3.8) is 0 Å². The van der Waals surface area contributed by atoms with Gasteiger partial charge in [0.25, 0.3) is 0 Å². The summed E-state index contributed by atoms with van der Waals surface area (Å²) < 4.78 is 12.2. The molecule has 2 aromatic rings. The highest BCUT2D eigenvalue weighted by atomic mass is 33.1. The molecule has 4 rings (SSSR count). The van der Waals surface area contributed by atoms with E-state index in [2.05, 4.69) is 48.5 Å². The molecule has 0 saturated heterocycles. The highest BCUT2D eigenvalue weighted by Crippen LogP contribution is 2.37. The lowest BCUT2D eigenvalue weighted by Gasteiger charge is -2.22. The Hall–Kier alpha value is -0.940. The van der Waals surface area contributed by atoms with E-state index in [1.165, 1.54) is 85.1 Å². The fourth-order valence-electron chi connectivity index (χ4n) is 4.27. The quantitative estimate of drug-likeness (QED) is 0.364. The second kappa shape index (κ2) is 12.2. The van der Waals surface area contributed by atoms with Crippen molar-refractivity contribution in [2.75, 3.05) is 0 Å². The van der Waals surface area contributed by atoms with Gasteiger partial charge in [0, 0.05) is 9.79 Å². The molecule has 2 fully saturated rings. The minimum atomic E-state index is 0.472. The van der Waals surface area contributed by atoms with E-state index in [0.717, 1.165) is 13.2 Å². The summed E-state index contributed by atoms with van der Waals surface area (Å²) in [5.74, 6) is 0. The molecule has 0 amide bonds. The first kappa shape index (κ1) is 22.3. The second-order valence-corrected chi connectivity index (χ2v) is 10.9. The number of rotatable bonds is 9. The Labute approximate surface area is 189 Å². The van der Waals surface area contributed by atoms with Crippen LogP contribution in [0.15, 0.2) is 58.3 Å². The van der Waals surface area contributed by atoms with Crippen molar-refractivity contribution in [1.82, 2.24) is 0 Å². The molecule has 2 aliphatic rings. The average Bonchev–Trinajstić information content (AvgIpc) is 2.83. The molecule has 2 nitrogen and oxygen atoms in total. The van der Waals surface area contributed by atoms with Crippen molar-refractivity contribution in [1.29, 1.82) is 0 Å². The van der Waals surface area contributed by atoms with Crippen LogP contribution in [0.5, 0.6) is 0 Å². The van der Waals surface area contributed by atoms with Gasteiger partial charge in [-0.1, -0.05) is 84.4 Å². The lowest BCUT2D eigenvalue weighted by molar-refractivity contribution is 0.0167. The summed E-state index contributed by atoms with van der Waals surface area (Å²) >= 11 is 0. The fraction of sp³-hybridized carbons (Fsp3) is 0.538. The van der Waals surface area contributed by atoms with Gasteiger partial charge in [-0.25, -0.2) is 0 Å². The summed E-state index contributed by atoms with van der Waals surface area (Å²) in [7, 11) is 3.63. The van der Waals surface area contributed by atoms with Gasteiger partial charge in [-0.15, -0.1) is 0 Å². The predicted molar refractivity (Wildman–Crippen MR) is 128 cm³/mol. The minimum Gasteiger partial charge on any atom is -0.374 e. The SMILES string of the molecule is c1cc(SSc2ccc(COC3CCCCC3)cc2)ccc1COC1CCCCC1. The van der Waals surface area contributed by atoms with Crippen LogP contribution in [0.4, 0.5) is 0 Å². The molecule has 0 unspecified atom stereocenters. The summed E-state index contributed by atoms with van der Waals surface area (Å²) in [5.41, 5.74) is 2.55. The van der Waals surface area contributed by atoms with Gasteiger partial charge in [0.1, 0.15) is 0 Å².